The van der Waals surface area contributed by atoms with E-state index in [1.54, 1.807) is 0 Å². The summed E-state index contributed by atoms with van der Waals surface area (Å²) in [5, 5.41) is 9.02. The van der Waals surface area contributed by atoms with Crippen LogP contribution in [0.3, 0.4) is 0 Å². The number of rotatable bonds is 3. The van der Waals surface area contributed by atoms with Gasteiger partial charge < -0.3 is 9.84 Å². The van der Waals surface area contributed by atoms with Crippen LogP contribution in [0.25, 0.3) is 0 Å². The highest BCUT2D eigenvalue weighted by atomic mass is 16.5. The normalized spacial score (nSPS) is 34.1. The molecule has 2 heteroatoms. The van der Waals surface area contributed by atoms with Crippen molar-refractivity contribution in [3.8, 4) is 0 Å². The lowest BCUT2D eigenvalue weighted by molar-refractivity contribution is 0.0411. The van der Waals surface area contributed by atoms with E-state index in [1.807, 2.05) is 6.92 Å². The molecule has 0 aromatic carbocycles. The predicted octanol–water partition coefficient (Wildman–Crippen LogP) is 1.71. The van der Waals surface area contributed by atoms with Gasteiger partial charge in [-0.3, -0.25) is 0 Å². The highest BCUT2D eigenvalue weighted by Crippen LogP contribution is 2.22. The molecule has 3 atom stereocenters. The molecule has 0 spiro atoms. The van der Waals surface area contributed by atoms with Gasteiger partial charge in [0.2, 0.25) is 0 Å². The number of hydrogen-bond acceptors (Lipinski definition) is 2. The molecule has 1 aliphatic heterocycles. The van der Waals surface area contributed by atoms with E-state index in [0.29, 0.717) is 12.2 Å². The van der Waals surface area contributed by atoms with Gasteiger partial charge in [0.15, 0.2) is 0 Å². The Hall–Kier alpha value is -0.0800. The molecule has 0 radical (unpaired) electrons. The standard InChI is InChI=1S/C9H18O2/c1-7(10)3-5-9-6-4-8(2)11-9/h7-10H,3-6H2,1-2H3/t7?,8-,9+/m0/s1. The van der Waals surface area contributed by atoms with Crippen LogP contribution >= 0.6 is 0 Å². The van der Waals surface area contributed by atoms with E-state index in [0.717, 1.165) is 12.8 Å². The fraction of sp³-hybridized carbons (Fsp3) is 1.00. The monoisotopic (exact) mass is 158 g/mol. The van der Waals surface area contributed by atoms with E-state index < -0.39 is 0 Å². The summed E-state index contributed by atoms with van der Waals surface area (Å²) >= 11 is 0. The second kappa shape index (κ2) is 4.07. The zero-order valence-corrected chi connectivity index (χ0v) is 7.42. The molecule has 11 heavy (non-hydrogen) atoms. The maximum atomic E-state index is 9.02. The van der Waals surface area contributed by atoms with Crippen LogP contribution in [0.4, 0.5) is 0 Å². The van der Waals surface area contributed by atoms with Crippen molar-refractivity contribution in [2.75, 3.05) is 0 Å². The van der Waals surface area contributed by atoms with Gasteiger partial charge in [-0.25, -0.2) is 0 Å². The average molecular weight is 158 g/mol. The Morgan fingerprint density at radius 2 is 2.27 bits per heavy atom. The smallest absolute Gasteiger partial charge is 0.0580 e. The molecule has 1 aliphatic rings. The van der Waals surface area contributed by atoms with Gasteiger partial charge in [0.05, 0.1) is 18.3 Å². The van der Waals surface area contributed by atoms with Crippen LogP contribution in [-0.2, 0) is 4.74 Å². The molecular formula is C9H18O2. The first-order valence-electron chi connectivity index (χ1n) is 4.52. The number of ether oxygens (including phenoxy) is 1. The highest BCUT2D eigenvalue weighted by Gasteiger charge is 2.21. The predicted molar refractivity (Wildman–Crippen MR) is 44.5 cm³/mol. The van der Waals surface area contributed by atoms with E-state index in [9.17, 15) is 0 Å². The van der Waals surface area contributed by atoms with Crippen molar-refractivity contribution < 1.29 is 9.84 Å². The molecule has 1 heterocycles. The minimum atomic E-state index is -0.172. The summed E-state index contributed by atoms with van der Waals surface area (Å²) in [6, 6.07) is 0. The molecule has 66 valence electrons. The van der Waals surface area contributed by atoms with Crippen LogP contribution < -0.4 is 0 Å². The SMILES string of the molecule is CC(O)CC[C@@H]1CC[C@H](C)O1. The largest absolute Gasteiger partial charge is 0.393 e. The van der Waals surface area contributed by atoms with Gasteiger partial charge in [0, 0.05) is 0 Å². The van der Waals surface area contributed by atoms with Crippen molar-refractivity contribution in [3.63, 3.8) is 0 Å². The maximum absolute atomic E-state index is 9.02. The molecule has 0 amide bonds. The van der Waals surface area contributed by atoms with Crippen molar-refractivity contribution in [1.29, 1.82) is 0 Å². The fourth-order valence-corrected chi connectivity index (χ4v) is 1.52. The lowest BCUT2D eigenvalue weighted by atomic mass is 10.1. The van der Waals surface area contributed by atoms with E-state index >= 15 is 0 Å². The Kier molecular flexibility index (Phi) is 3.34. The van der Waals surface area contributed by atoms with Crippen molar-refractivity contribution in [1.82, 2.24) is 0 Å². The minimum absolute atomic E-state index is 0.172. The number of hydrogen-bond donors (Lipinski definition) is 1. The molecule has 1 unspecified atom stereocenters. The van der Waals surface area contributed by atoms with Gasteiger partial charge in [0.25, 0.3) is 0 Å². The zero-order valence-electron chi connectivity index (χ0n) is 7.42. The number of aliphatic hydroxyl groups excluding tert-OH is 1. The molecule has 1 N–H and O–H groups in total. The molecule has 2 nitrogen and oxygen atoms in total. The summed E-state index contributed by atoms with van der Waals surface area (Å²) in [4.78, 5) is 0. The van der Waals surface area contributed by atoms with Gasteiger partial charge in [-0.15, -0.1) is 0 Å². The zero-order chi connectivity index (χ0) is 8.27. The van der Waals surface area contributed by atoms with Crippen LogP contribution in [0.15, 0.2) is 0 Å². The molecule has 0 aliphatic carbocycles. The highest BCUT2D eigenvalue weighted by molar-refractivity contribution is 4.70. The summed E-state index contributed by atoms with van der Waals surface area (Å²) in [5.41, 5.74) is 0. The third-order valence-electron chi connectivity index (χ3n) is 2.23. The lowest BCUT2D eigenvalue weighted by Crippen LogP contribution is -2.11. The summed E-state index contributed by atoms with van der Waals surface area (Å²) in [6.45, 7) is 3.95. The number of aliphatic hydroxyl groups is 1. The van der Waals surface area contributed by atoms with Crippen molar-refractivity contribution in [2.24, 2.45) is 0 Å². The second-order valence-corrected chi connectivity index (χ2v) is 3.57. The molecule has 0 bridgehead atoms. The minimum Gasteiger partial charge on any atom is -0.393 e. The second-order valence-electron chi connectivity index (χ2n) is 3.57. The van der Waals surface area contributed by atoms with Crippen LogP contribution in [0.2, 0.25) is 0 Å². The van der Waals surface area contributed by atoms with Crippen LogP contribution in [0.1, 0.15) is 39.5 Å². The Morgan fingerprint density at radius 1 is 1.55 bits per heavy atom. The quantitative estimate of drug-likeness (QED) is 0.677. The summed E-state index contributed by atoms with van der Waals surface area (Å²) < 4.78 is 5.60. The molecule has 0 saturated carbocycles. The third kappa shape index (κ3) is 3.21. The average Bonchev–Trinajstić information content (AvgIpc) is 2.31. The Morgan fingerprint density at radius 3 is 2.73 bits per heavy atom. The molecule has 0 aromatic heterocycles. The summed E-state index contributed by atoms with van der Waals surface area (Å²) in [6.07, 6.45) is 4.93. The van der Waals surface area contributed by atoms with Crippen molar-refractivity contribution in [3.05, 3.63) is 0 Å². The molecule has 1 rings (SSSR count). The Labute approximate surface area is 68.6 Å². The van der Waals surface area contributed by atoms with Gasteiger partial charge in [-0.1, -0.05) is 0 Å². The third-order valence-corrected chi connectivity index (χ3v) is 2.23. The summed E-state index contributed by atoms with van der Waals surface area (Å²) in [7, 11) is 0. The fourth-order valence-electron chi connectivity index (χ4n) is 1.52. The Bertz CT molecular complexity index is 112. The van der Waals surface area contributed by atoms with E-state index in [4.69, 9.17) is 9.84 Å². The van der Waals surface area contributed by atoms with E-state index in [-0.39, 0.29) is 6.10 Å². The van der Waals surface area contributed by atoms with Gasteiger partial charge >= 0.3 is 0 Å². The first kappa shape index (κ1) is 9.01. The maximum Gasteiger partial charge on any atom is 0.0580 e. The van der Waals surface area contributed by atoms with Crippen LogP contribution in [0.5, 0.6) is 0 Å². The van der Waals surface area contributed by atoms with Gasteiger partial charge in [-0.05, 0) is 39.5 Å². The molecule has 1 fully saturated rings. The van der Waals surface area contributed by atoms with Crippen LogP contribution in [-0.4, -0.2) is 23.4 Å². The first-order valence-corrected chi connectivity index (χ1v) is 4.52. The topological polar surface area (TPSA) is 29.5 Å². The Balaban J connectivity index is 2.08. The summed E-state index contributed by atoms with van der Waals surface area (Å²) in [5.74, 6) is 0. The first-order chi connectivity index (χ1) is 5.18. The van der Waals surface area contributed by atoms with Crippen molar-refractivity contribution >= 4 is 0 Å². The van der Waals surface area contributed by atoms with Crippen LogP contribution in [0, 0.1) is 0 Å². The molecular weight excluding hydrogens is 140 g/mol. The molecule has 1 saturated heterocycles. The lowest BCUT2D eigenvalue weighted by Gasteiger charge is -2.11. The van der Waals surface area contributed by atoms with Crippen molar-refractivity contribution in [2.45, 2.75) is 57.8 Å². The van der Waals surface area contributed by atoms with Gasteiger partial charge in [-0.2, -0.15) is 0 Å². The van der Waals surface area contributed by atoms with Gasteiger partial charge in [0.1, 0.15) is 0 Å². The van der Waals surface area contributed by atoms with E-state index in [1.165, 1.54) is 12.8 Å². The van der Waals surface area contributed by atoms with E-state index in [2.05, 4.69) is 6.92 Å². The molecule has 0 aromatic rings.